The molecule has 1 unspecified atom stereocenters. The molecule has 0 aromatic heterocycles. The fourth-order valence-electron chi connectivity index (χ4n) is 2.55. The van der Waals surface area contributed by atoms with Crippen molar-refractivity contribution < 1.29 is 17.9 Å². The number of ether oxygens (including phenoxy) is 1. The molecule has 1 amide bonds. The Balaban J connectivity index is 2.12. The van der Waals surface area contributed by atoms with Crippen LogP contribution in [0.25, 0.3) is 0 Å². The Bertz CT molecular complexity index is 961. The van der Waals surface area contributed by atoms with Crippen LogP contribution in [0.1, 0.15) is 31.4 Å². The molecule has 0 saturated carbocycles. The average Bonchev–Trinajstić information content (AvgIpc) is 2.60. The van der Waals surface area contributed by atoms with Gasteiger partial charge in [-0.25, -0.2) is 8.42 Å². The number of carbonyl (C=O) groups is 1. The molecule has 8 heteroatoms. The zero-order valence-electron chi connectivity index (χ0n) is 16.4. The number of hydrogen-bond acceptors (Lipinski definition) is 4. The first-order valence-electron chi connectivity index (χ1n) is 8.96. The first-order valence-corrected chi connectivity index (χ1v) is 11.4. The van der Waals surface area contributed by atoms with Crippen LogP contribution in [0, 0.1) is 13.8 Å². The molecule has 2 N–H and O–H groups in total. The summed E-state index contributed by atoms with van der Waals surface area (Å²) in [7, 11) is -3.41. The van der Waals surface area contributed by atoms with E-state index in [1.165, 1.54) is 0 Å². The molecule has 0 radical (unpaired) electrons. The second-order valence-corrected chi connectivity index (χ2v) is 9.28. The van der Waals surface area contributed by atoms with Crippen molar-refractivity contribution in [1.29, 1.82) is 0 Å². The number of sulfonamides is 1. The van der Waals surface area contributed by atoms with Gasteiger partial charge in [0.2, 0.25) is 10.0 Å². The van der Waals surface area contributed by atoms with Crippen LogP contribution in [0.15, 0.2) is 40.9 Å². The number of amides is 1. The minimum Gasteiger partial charge on any atom is -0.480 e. The molecule has 1 atom stereocenters. The number of carbonyl (C=O) groups excluding carboxylic acids is 1. The van der Waals surface area contributed by atoms with E-state index >= 15 is 0 Å². The summed E-state index contributed by atoms with van der Waals surface area (Å²) in [5.41, 5.74) is 2.69. The van der Waals surface area contributed by atoms with Crippen LogP contribution in [-0.4, -0.2) is 26.2 Å². The molecule has 0 aliphatic rings. The minimum atomic E-state index is -3.41. The van der Waals surface area contributed by atoms with E-state index < -0.39 is 16.1 Å². The second-order valence-electron chi connectivity index (χ2n) is 6.58. The standard InChI is InChI=1S/C20H25BrN2O4S/c1-5-11-28(25,26)23-18-8-6-7-17(14(18)3)22-20(24)15(4)27-19-10-9-13(2)12-16(19)21/h6-10,12,15,23H,5,11H2,1-4H3,(H,22,24). The van der Waals surface area contributed by atoms with Gasteiger partial charge >= 0.3 is 0 Å². The smallest absolute Gasteiger partial charge is 0.265 e. The van der Waals surface area contributed by atoms with Gasteiger partial charge in [0.1, 0.15) is 5.75 Å². The molecule has 152 valence electrons. The van der Waals surface area contributed by atoms with E-state index in [0.717, 1.165) is 10.0 Å². The molecule has 2 rings (SSSR count). The van der Waals surface area contributed by atoms with Crippen molar-refractivity contribution in [2.45, 2.75) is 40.2 Å². The van der Waals surface area contributed by atoms with Crippen LogP contribution in [-0.2, 0) is 14.8 Å². The summed E-state index contributed by atoms with van der Waals surface area (Å²) in [6.45, 7) is 7.18. The third-order valence-corrected chi connectivity index (χ3v) is 6.19. The third-order valence-electron chi connectivity index (χ3n) is 4.09. The summed E-state index contributed by atoms with van der Waals surface area (Å²) in [5.74, 6) is 0.287. The number of anilines is 2. The van der Waals surface area contributed by atoms with Crippen LogP contribution >= 0.6 is 15.9 Å². The molecule has 0 heterocycles. The highest BCUT2D eigenvalue weighted by Gasteiger charge is 2.18. The van der Waals surface area contributed by atoms with Crippen LogP contribution in [0.4, 0.5) is 11.4 Å². The van der Waals surface area contributed by atoms with Crippen molar-refractivity contribution in [3.8, 4) is 5.75 Å². The minimum absolute atomic E-state index is 0.0410. The topological polar surface area (TPSA) is 84.5 Å². The Morgan fingerprint density at radius 2 is 1.86 bits per heavy atom. The van der Waals surface area contributed by atoms with Crippen LogP contribution < -0.4 is 14.8 Å². The molecule has 0 spiro atoms. The van der Waals surface area contributed by atoms with Gasteiger partial charge in [-0.1, -0.05) is 19.1 Å². The highest BCUT2D eigenvalue weighted by molar-refractivity contribution is 9.10. The zero-order chi connectivity index (χ0) is 20.9. The molecule has 2 aromatic carbocycles. The predicted molar refractivity (Wildman–Crippen MR) is 116 cm³/mol. The van der Waals surface area contributed by atoms with Crippen molar-refractivity contribution in [2.24, 2.45) is 0 Å². The van der Waals surface area contributed by atoms with E-state index in [2.05, 4.69) is 26.0 Å². The first-order chi connectivity index (χ1) is 13.1. The van der Waals surface area contributed by atoms with E-state index in [0.29, 0.717) is 29.1 Å². The molecule has 0 bridgehead atoms. The SMILES string of the molecule is CCCS(=O)(=O)Nc1cccc(NC(=O)C(C)Oc2ccc(C)cc2Br)c1C. The maximum Gasteiger partial charge on any atom is 0.265 e. The van der Waals surface area contributed by atoms with Gasteiger partial charge in [-0.3, -0.25) is 9.52 Å². The maximum atomic E-state index is 12.6. The van der Waals surface area contributed by atoms with Crippen LogP contribution in [0.2, 0.25) is 0 Å². The lowest BCUT2D eigenvalue weighted by Crippen LogP contribution is -2.30. The van der Waals surface area contributed by atoms with Crippen LogP contribution in [0.3, 0.4) is 0 Å². The summed E-state index contributed by atoms with van der Waals surface area (Å²) >= 11 is 3.43. The largest absolute Gasteiger partial charge is 0.480 e. The summed E-state index contributed by atoms with van der Waals surface area (Å²) in [6.07, 6.45) is -0.215. The molecular formula is C20H25BrN2O4S. The normalized spacial score (nSPS) is 12.3. The Kier molecular flexibility index (Phi) is 7.48. The second kappa shape index (κ2) is 9.43. The van der Waals surface area contributed by atoms with Crippen molar-refractivity contribution in [3.63, 3.8) is 0 Å². The van der Waals surface area contributed by atoms with Gasteiger partial charge in [-0.15, -0.1) is 0 Å². The molecule has 0 aliphatic heterocycles. The Hall–Kier alpha value is -2.06. The van der Waals surface area contributed by atoms with E-state index in [1.54, 1.807) is 45.0 Å². The van der Waals surface area contributed by atoms with Gasteiger partial charge in [-0.2, -0.15) is 0 Å². The van der Waals surface area contributed by atoms with Crippen molar-refractivity contribution >= 4 is 43.2 Å². The van der Waals surface area contributed by atoms with Gasteiger partial charge in [0.05, 0.1) is 15.9 Å². The van der Waals surface area contributed by atoms with E-state index in [-0.39, 0.29) is 11.7 Å². The maximum absolute atomic E-state index is 12.6. The monoisotopic (exact) mass is 468 g/mol. The Morgan fingerprint density at radius 3 is 2.50 bits per heavy atom. The highest BCUT2D eigenvalue weighted by Crippen LogP contribution is 2.28. The van der Waals surface area contributed by atoms with Crippen molar-refractivity contribution in [2.75, 3.05) is 15.8 Å². The van der Waals surface area contributed by atoms with Gasteiger partial charge in [0.25, 0.3) is 5.91 Å². The zero-order valence-corrected chi connectivity index (χ0v) is 18.8. The first kappa shape index (κ1) is 22.2. The molecule has 28 heavy (non-hydrogen) atoms. The number of halogens is 1. The molecular weight excluding hydrogens is 444 g/mol. The fourth-order valence-corrected chi connectivity index (χ4v) is 4.33. The lowest BCUT2D eigenvalue weighted by atomic mass is 10.1. The summed E-state index contributed by atoms with van der Waals surface area (Å²) in [6, 6.07) is 10.7. The quantitative estimate of drug-likeness (QED) is 0.591. The Morgan fingerprint density at radius 1 is 1.18 bits per heavy atom. The molecule has 6 nitrogen and oxygen atoms in total. The number of hydrogen-bond donors (Lipinski definition) is 2. The third kappa shape index (κ3) is 5.97. The lowest BCUT2D eigenvalue weighted by molar-refractivity contribution is -0.122. The van der Waals surface area contributed by atoms with E-state index in [9.17, 15) is 13.2 Å². The number of benzene rings is 2. The summed E-state index contributed by atoms with van der Waals surface area (Å²) < 4.78 is 33.1. The van der Waals surface area contributed by atoms with Gasteiger partial charge in [-0.05, 0) is 78.5 Å². The van der Waals surface area contributed by atoms with Gasteiger partial charge in [0.15, 0.2) is 6.10 Å². The van der Waals surface area contributed by atoms with Crippen LogP contribution in [0.5, 0.6) is 5.75 Å². The van der Waals surface area contributed by atoms with E-state index in [4.69, 9.17) is 4.74 Å². The molecule has 0 aliphatic carbocycles. The average molecular weight is 469 g/mol. The molecule has 0 fully saturated rings. The fraction of sp³-hybridized carbons (Fsp3) is 0.350. The molecule has 0 saturated heterocycles. The van der Waals surface area contributed by atoms with Crippen molar-refractivity contribution in [3.05, 3.63) is 52.0 Å². The Labute approximate surface area is 174 Å². The number of rotatable bonds is 8. The highest BCUT2D eigenvalue weighted by atomic mass is 79.9. The summed E-state index contributed by atoms with van der Waals surface area (Å²) in [4.78, 5) is 12.6. The van der Waals surface area contributed by atoms with Crippen molar-refractivity contribution in [1.82, 2.24) is 0 Å². The number of nitrogens with one attached hydrogen (secondary N) is 2. The summed E-state index contributed by atoms with van der Waals surface area (Å²) in [5, 5.41) is 2.81. The van der Waals surface area contributed by atoms with Gasteiger partial charge < -0.3 is 10.1 Å². The lowest BCUT2D eigenvalue weighted by Gasteiger charge is -2.18. The van der Waals surface area contributed by atoms with E-state index in [1.807, 2.05) is 19.1 Å². The number of aryl methyl sites for hydroxylation is 1. The van der Waals surface area contributed by atoms with Gasteiger partial charge in [0, 0.05) is 5.69 Å². The molecule has 2 aromatic rings. The predicted octanol–water partition coefficient (Wildman–Crippen LogP) is 4.62.